The average Bonchev–Trinajstić information content (AvgIpc) is 2.88. The maximum absolute atomic E-state index is 12.9. The molecule has 2 N–H and O–H groups in total. The number of nitrogens with one attached hydrogen (secondary N) is 2. The summed E-state index contributed by atoms with van der Waals surface area (Å²) in [5, 5.41) is 5.76. The summed E-state index contributed by atoms with van der Waals surface area (Å²) in [6.45, 7) is 5.73. The second kappa shape index (κ2) is 13.1. The zero-order valence-corrected chi connectivity index (χ0v) is 20.6. The molecule has 0 fully saturated rings. The van der Waals surface area contributed by atoms with Crippen molar-refractivity contribution in [2.75, 3.05) is 31.6 Å². The second-order valence-corrected chi connectivity index (χ2v) is 7.88. The van der Waals surface area contributed by atoms with Crippen LogP contribution in [0.3, 0.4) is 0 Å². The molecule has 0 saturated heterocycles. The largest absolute Gasteiger partial charge is 0.490 e. The van der Waals surface area contributed by atoms with Crippen molar-refractivity contribution < 1.29 is 19.1 Å². The number of benzene rings is 3. The van der Waals surface area contributed by atoms with Crippen LogP contribution < -0.4 is 20.1 Å². The molecule has 0 spiro atoms. The van der Waals surface area contributed by atoms with E-state index in [2.05, 4.69) is 10.6 Å². The van der Waals surface area contributed by atoms with E-state index in [9.17, 15) is 9.59 Å². The lowest BCUT2D eigenvalue weighted by atomic mass is 10.1. The maximum atomic E-state index is 12.9. The number of thiocarbonyl (C=S) groups is 1. The van der Waals surface area contributed by atoms with Crippen LogP contribution >= 0.6 is 12.2 Å². The van der Waals surface area contributed by atoms with Crippen LogP contribution in [0, 0.1) is 0 Å². The van der Waals surface area contributed by atoms with E-state index in [1.807, 2.05) is 44.2 Å². The van der Waals surface area contributed by atoms with Gasteiger partial charge in [-0.25, -0.2) is 0 Å². The van der Waals surface area contributed by atoms with Gasteiger partial charge in [0.2, 0.25) is 0 Å². The minimum Gasteiger partial charge on any atom is -0.490 e. The summed E-state index contributed by atoms with van der Waals surface area (Å²) in [5.41, 5.74) is 1.50. The molecule has 0 aliphatic carbocycles. The summed E-state index contributed by atoms with van der Waals surface area (Å²) in [5.74, 6) is 0.714. The normalized spacial score (nSPS) is 10.2. The van der Waals surface area contributed by atoms with Gasteiger partial charge in [0.1, 0.15) is 24.7 Å². The molecular weight excluding hydrogens is 462 g/mol. The summed E-state index contributed by atoms with van der Waals surface area (Å²) in [7, 11) is 0. The summed E-state index contributed by atoms with van der Waals surface area (Å²) in [6, 6.07) is 23.4. The number of para-hydroxylation sites is 2. The monoisotopic (exact) mass is 491 g/mol. The molecular formula is C27H29N3O4S. The summed E-state index contributed by atoms with van der Waals surface area (Å²) >= 11 is 5.32. The van der Waals surface area contributed by atoms with Gasteiger partial charge in [0.25, 0.3) is 11.8 Å². The molecule has 0 aliphatic rings. The van der Waals surface area contributed by atoms with E-state index >= 15 is 0 Å². The Hall–Kier alpha value is -3.91. The van der Waals surface area contributed by atoms with Gasteiger partial charge in [0, 0.05) is 24.3 Å². The Balaban J connectivity index is 1.56. The molecule has 35 heavy (non-hydrogen) atoms. The fraction of sp³-hybridized carbons (Fsp3) is 0.222. The first-order valence-electron chi connectivity index (χ1n) is 11.4. The van der Waals surface area contributed by atoms with Crippen LogP contribution in [0.2, 0.25) is 0 Å². The summed E-state index contributed by atoms with van der Waals surface area (Å²) < 4.78 is 11.4. The number of ether oxygens (including phenoxy) is 2. The van der Waals surface area contributed by atoms with Crippen molar-refractivity contribution in [2.24, 2.45) is 0 Å². The molecule has 3 rings (SSSR count). The van der Waals surface area contributed by atoms with Gasteiger partial charge in [-0.05, 0) is 68.5 Å². The molecule has 0 radical (unpaired) electrons. The van der Waals surface area contributed by atoms with E-state index in [0.29, 0.717) is 42.3 Å². The van der Waals surface area contributed by atoms with E-state index < -0.39 is 5.91 Å². The van der Waals surface area contributed by atoms with Crippen molar-refractivity contribution in [2.45, 2.75) is 13.8 Å². The first-order chi connectivity index (χ1) is 17.0. The van der Waals surface area contributed by atoms with Crippen LogP contribution in [0.1, 0.15) is 34.6 Å². The summed E-state index contributed by atoms with van der Waals surface area (Å²) in [6.07, 6.45) is 0. The van der Waals surface area contributed by atoms with Crippen molar-refractivity contribution in [3.8, 4) is 11.5 Å². The van der Waals surface area contributed by atoms with Crippen LogP contribution in [0.5, 0.6) is 11.5 Å². The van der Waals surface area contributed by atoms with Crippen molar-refractivity contribution in [3.63, 3.8) is 0 Å². The SMILES string of the molecule is CCN(CC)C(=O)c1cccc(NC(=S)NC(=O)c2ccccc2OCCOc2ccccc2)c1. The summed E-state index contributed by atoms with van der Waals surface area (Å²) in [4.78, 5) is 27.2. The van der Waals surface area contributed by atoms with Crippen molar-refractivity contribution >= 4 is 34.8 Å². The smallest absolute Gasteiger partial charge is 0.261 e. The molecule has 0 unspecified atom stereocenters. The molecule has 3 aromatic rings. The molecule has 8 heteroatoms. The Labute approximate surface area is 211 Å². The Morgan fingerprint density at radius 1 is 0.857 bits per heavy atom. The van der Waals surface area contributed by atoms with Crippen LogP contribution in [-0.2, 0) is 0 Å². The van der Waals surface area contributed by atoms with E-state index in [0.717, 1.165) is 5.75 Å². The number of nitrogens with zero attached hydrogens (tertiary/aromatic N) is 1. The van der Waals surface area contributed by atoms with Gasteiger partial charge in [-0.2, -0.15) is 0 Å². The third-order valence-electron chi connectivity index (χ3n) is 5.13. The number of hydrogen-bond donors (Lipinski definition) is 2. The van der Waals surface area contributed by atoms with Gasteiger partial charge in [-0.1, -0.05) is 36.4 Å². The number of anilines is 1. The predicted octanol–water partition coefficient (Wildman–Crippen LogP) is 4.75. The quantitative estimate of drug-likeness (QED) is 0.315. The molecule has 182 valence electrons. The zero-order valence-electron chi connectivity index (χ0n) is 19.8. The third kappa shape index (κ3) is 7.55. The van der Waals surface area contributed by atoms with Gasteiger partial charge in [-0.15, -0.1) is 0 Å². The fourth-order valence-electron chi connectivity index (χ4n) is 3.36. The number of hydrogen-bond acceptors (Lipinski definition) is 5. The lowest BCUT2D eigenvalue weighted by Crippen LogP contribution is -2.34. The van der Waals surface area contributed by atoms with E-state index in [4.69, 9.17) is 21.7 Å². The average molecular weight is 492 g/mol. The predicted molar refractivity (Wildman–Crippen MR) is 141 cm³/mol. The zero-order chi connectivity index (χ0) is 25.0. The highest BCUT2D eigenvalue weighted by molar-refractivity contribution is 7.80. The Morgan fingerprint density at radius 2 is 1.54 bits per heavy atom. The molecule has 2 amide bonds. The van der Waals surface area contributed by atoms with Crippen molar-refractivity contribution in [1.29, 1.82) is 0 Å². The van der Waals surface area contributed by atoms with Crippen LogP contribution in [0.4, 0.5) is 5.69 Å². The Bertz CT molecular complexity index is 1150. The fourth-order valence-corrected chi connectivity index (χ4v) is 3.57. The van der Waals surface area contributed by atoms with Gasteiger partial charge >= 0.3 is 0 Å². The first kappa shape index (κ1) is 25.7. The highest BCUT2D eigenvalue weighted by Gasteiger charge is 2.15. The Morgan fingerprint density at radius 3 is 2.29 bits per heavy atom. The standard InChI is InChI=1S/C27H29N3O4S/c1-3-30(4-2)26(32)20-11-10-12-21(19-20)28-27(35)29-25(31)23-15-8-9-16-24(23)34-18-17-33-22-13-6-5-7-14-22/h5-16,19H,3-4,17-18H2,1-2H3,(H2,28,29,31,35). The van der Waals surface area contributed by atoms with Crippen LogP contribution in [-0.4, -0.2) is 48.1 Å². The number of rotatable bonds is 10. The molecule has 0 saturated carbocycles. The minimum atomic E-state index is -0.405. The molecule has 0 bridgehead atoms. The molecule has 0 atom stereocenters. The number of amides is 2. The van der Waals surface area contributed by atoms with Crippen LogP contribution in [0.25, 0.3) is 0 Å². The highest BCUT2D eigenvalue weighted by Crippen LogP contribution is 2.18. The number of carbonyl (C=O) groups is 2. The minimum absolute atomic E-state index is 0.0593. The molecule has 3 aromatic carbocycles. The van der Waals surface area contributed by atoms with E-state index in [1.165, 1.54) is 0 Å². The highest BCUT2D eigenvalue weighted by atomic mass is 32.1. The molecule has 7 nitrogen and oxygen atoms in total. The molecule has 0 aliphatic heterocycles. The topological polar surface area (TPSA) is 79.9 Å². The van der Waals surface area contributed by atoms with Crippen molar-refractivity contribution in [1.82, 2.24) is 10.2 Å². The molecule has 0 aromatic heterocycles. The first-order valence-corrected chi connectivity index (χ1v) is 11.8. The second-order valence-electron chi connectivity index (χ2n) is 7.47. The van der Waals surface area contributed by atoms with Gasteiger partial charge in [-0.3, -0.25) is 14.9 Å². The third-order valence-corrected chi connectivity index (χ3v) is 5.33. The van der Waals surface area contributed by atoms with E-state index in [-0.39, 0.29) is 17.6 Å². The lowest BCUT2D eigenvalue weighted by Gasteiger charge is -2.19. The van der Waals surface area contributed by atoms with Gasteiger partial charge in [0.05, 0.1) is 5.56 Å². The Kier molecular flexibility index (Phi) is 9.62. The maximum Gasteiger partial charge on any atom is 0.261 e. The van der Waals surface area contributed by atoms with Gasteiger partial charge in [0.15, 0.2) is 5.11 Å². The van der Waals surface area contributed by atoms with Gasteiger partial charge < -0.3 is 19.7 Å². The van der Waals surface area contributed by atoms with Crippen LogP contribution in [0.15, 0.2) is 78.9 Å². The molecule has 0 heterocycles. The number of carbonyl (C=O) groups excluding carboxylic acids is 2. The van der Waals surface area contributed by atoms with E-state index in [1.54, 1.807) is 53.4 Å². The van der Waals surface area contributed by atoms with Crippen molar-refractivity contribution in [3.05, 3.63) is 90.0 Å². The lowest BCUT2D eigenvalue weighted by molar-refractivity contribution is 0.0772.